The molecule has 1 aromatic rings. The van der Waals surface area contributed by atoms with Crippen LogP contribution >= 0.6 is 24.0 Å². The summed E-state index contributed by atoms with van der Waals surface area (Å²) >= 11 is 6.08. The molecule has 0 spiro atoms. The van der Waals surface area contributed by atoms with Gasteiger partial charge in [0.2, 0.25) is 11.8 Å². The fraction of sp³-hybridized carbons (Fsp3) is 0.467. The average Bonchev–Trinajstić information content (AvgIpc) is 2.50. The average molecular weight is 346 g/mol. The number of likely N-dealkylation sites (N-methyl/N-ethyl adjacent to an activating group) is 1. The second kappa shape index (κ2) is 8.98. The van der Waals surface area contributed by atoms with Crippen molar-refractivity contribution in [3.05, 3.63) is 34.9 Å². The Morgan fingerprint density at radius 3 is 2.18 bits per heavy atom. The van der Waals surface area contributed by atoms with Crippen LogP contribution in [-0.2, 0) is 16.0 Å². The Kier molecular flexibility index (Phi) is 7.65. The Morgan fingerprint density at radius 2 is 1.64 bits per heavy atom. The van der Waals surface area contributed by atoms with Crippen LogP contribution in [0.3, 0.4) is 0 Å². The second-order valence-corrected chi connectivity index (χ2v) is 5.47. The van der Waals surface area contributed by atoms with Gasteiger partial charge < -0.3 is 15.1 Å². The summed E-state index contributed by atoms with van der Waals surface area (Å²) in [7, 11) is 1.75. The monoisotopic (exact) mass is 345 g/mol. The molecule has 0 saturated carbocycles. The van der Waals surface area contributed by atoms with Crippen molar-refractivity contribution in [2.45, 2.75) is 6.42 Å². The largest absolute Gasteiger partial charge is 0.339 e. The van der Waals surface area contributed by atoms with E-state index in [1.807, 2.05) is 18.2 Å². The van der Waals surface area contributed by atoms with Crippen LogP contribution in [0.5, 0.6) is 0 Å². The molecule has 122 valence electrons. The minimum absolute atomic E-state index is 0. The molecule has 2 amide bonds. The Labute approximate surface area is 142 Å². The van der Waals surface area contributed by atoms with Crippen LogP contribution in [0.15, 0.2) is 24.3 Å². The van der Waals surface area contributed by atoms with Crippen LogP contribution in [0.1, 0.15) is 5.56 Å². The van der Waals surface area contributed by atoms with E-state index in [1.54, 1.807) is 22.9 Å². The molecule has 0 radical (unpaired) electrons. The first-order chi connectivity index (χ1) is 10.1. The van der Waals surface area contributed by atoms with E-state index in [-0.39, 0.29) is 24.2 Å². The van der Waals surface area contributed by atoms with Gasteiger partial charge in [-0.25, -0.2) is 0 Å². The van der Waals surface area contributed by atoms with Gasteiger partial charge in [-0.05, 0) is 18.7 Å². The molecule has 1 N–H and O–H groups in total. The fourth-order valence-electron chi connectivity index (χ4n) is 2.38. The van der Waals surface area contributed by atoms with E-state index < -0.39 is 0 Å². The molecule has 0 unspecified atom stereocenters. The Morgan fingerprint density at radius 1 is 1.09 bits per heavy atom. The molecule has 1 aromatic carbocycles. The molecule has 0 aromatic heterocycles. The summed E-state index contributed by atoms with van der Waals surface area (Å²) in [6.45, 7) is 2.69. The molecular formula is C15H21Cl2N3O2. The number of hydrogen-bond acceptors (Lipinski definition) is 3. The lowest BCUT2D eigenvalue weighted by Crippen LogP contribution is -2.52. The van der Waals surface area contributed by atoms with Crippen molar-refractivity contribution in [3.63, 3.8) is 0 Å². The lowest BCUT2D eigenvalue weighted by molar-refractivity contribution is -0.138. The summed E-state index contributed by atoms with van der Waals surface area (Å²) in [6.07, 6.45) is 0.310. The molecule has 5 nitrogen and oxygen atoms in total. The number of carbonyl (C=O) groups excluding carboxylic acids is 2. The highest BCUT2D eigenvalue weighted by Gasteiger charge is 2.23. The molecular weight excluding hydrogens is 325 g/mol. The van der Waals surface area contributed by atoms with E-state index in [4.69, 9.17) is 11.6 Å². The number of amides is 2. The van der Waals surface area contributed by atoms with Crippen LogP contribution in [0.4, 0.5) is 0 Å². The second-order valence-electron chi connectivity index (χ2n) is 5.06. The van der Waals surface area contributed by atoms with Gasteiger partial charge in [0, 0.05) is 31.2 Å². The summed E-state index contributed by atoms with van der Waals surface area (Å²) in [5, 5.41) is 3.47. The molecule has 1 fully saturated rings. The third-order valence-electron chi connectivity index (χ3n) is 3.61. The van der Waals surface area contributed by atoms with Crippen LogP contribution in [0.25, 0.3) is 0 Å². The van der Waals surface area contributed by atoms with Crippen molar-refractivity contribution >= 4 is 35.8 Å². The van der Waals surface area contributed by atoms with Crippen LogP contribution in [0, 0.1) is 0 Å². The maximum Gasteiger partial charge on any atom is 0.236 e. The smallest absolute Gasteiger partial charge is 0.236 e. The normalized spacial score (nSPS) is 14.5. The highest BCUT2D eigenvalue weighted by molar-refractivity contribution is 6.31. The molecule has 7 heteroatoms. The Hall–Kier alpha value is -1.30. The fourth-order valence-corrected chi connectivity index (χ4v) is 2.59. The lowest BCUT2D eigenvalue weighted by atomic mass is 10.1. The maximum absolute atomic E-state index is 12.3. The number of carbonyl (C=O) groups is 2. The number of nitrogens with one attached hydrogen (secondary N) is 1. The van der Waals surface area contributed by atoms with Gasteiger partial charge in [0.25, 0.3) is 0 Å². The van der Waals surface area contributed by atoms with Crippen molar-refractivity contribution in [1.29, 1.82) is 0 Å². The predicted octanol–water partition coefficient (Wildman–Crippen LogP) is 1.19. The number of piperazine rings is 1. The lowest BCUT2D eigenvalue weighted by Gasteiger charge is -2.35. The molecule has 0 bridgehead atoms. The van der Waals surface area contributed by atoms with Crippen molar-refractivity contribution in [1.82, 2.24) is 15.1 Å². The summed E-state index contributed by atoms with van der Waals surface area (Å²) < 4.78 is 0. The maximum atomic E-state index is 12.3. The predicted molar refractivity (Wildman–Crippen MR) is 89.5 cm³/mol. The number of benzene rings is 1. The van der Waals surface area contributed by atoms with Crippen LogP contribution in [0.2, 0.25) is 5.02 Å². The number of nitrogens with zero attached hydrogens (tertiary/aromatic N) is 2. The van der Waals surface area contributed by atoms with Gasteiger partial charge in [-0.1, -0.05) is 29.8 Å². The standard InChI is InChI=1S/C15H20ClN3O2.ClH/c1-17-11-15(21)19-8-6-18(7-9-19)14(20)10-12-4-2-3-5-13(12)16;/h2-5,17H,6-11H2,1H3;1H. The van der Waals surface area contributed by atoms with Crippen molar-refractivity contribution in [2.75, 3.05) is 39.8 Å². The van der Waals surface area contributed by atoms with Gasteiger partial charge in [0.1, 0.15) is 0 Å². The van der Waals surface area contributed by atoms with Gasteiger partial charge in [0.15, 0.2) is 0 Å². The Bertz CT molecular complexity index is 517. The zero-order chi connectivity index (χ0) is 15.2. The first kappa shape index (κ1) is 18.7. The third-order valence-corrected chi connectivity index (χ3v) is 3.98. The Balaban J connectivity index is 0.00000242. The topological polar surface area (TPSA) is 52.7 Å². The van der Waals surface area contributed by atoms with Crippen molar-refractivity contribution in [2.24, 2.45) is 0 Å². The van der Waals surface area contributed by atoms with Crippen molar-refractivity contribution < 1.29 is 9.59 Å². The molecule has 0 aliphatic carbocycles. The van der Waals surface area contributed by atoms with Crippen LogP contribution < -0.4 is 5.32 Å². The quantitative estimate of drug-likeness (QED) is 0.891. The van der Waals surface area contributed by atoms with E-state index in [1.165, 1.54) is 0 Å². The van der Waals surface area contributed by atoms with E-state index in [2.05, 4.69) is 5.32 Å². The minimum Gasteiger partial charge on any atom is -0.339 e. The zero-order valence-corrected chi connectivity index (χ0v) is 14.1. The van der Waals surface area contributed by atoms with Gasteiger partial charge >= 0.3 is 0 Å². The number of rotatable bonds is 4. The van der Waals surface area contributed by atoms with Crippen molar-refractivity contribution in [3.8, 4) is 0 Å². The highest BCUT2D eigenvalue weighted by Crippen LogP contribution is 2.16. The summed E-state index contributed by atoms with van der Waals surface area (Å²) in [5.41, 5.74) is 0.845. The van der Waals surface area contributed by atoms with Gasteiger partial charge in [-0.3, -0.25) is 9.59 Å². The number of hydrogen-bond donors (Lipinski definition) is 1. The number of halogens is 2. The summed E-state index contributed by atoms with van der Waals surface area (Å²) in [6, 6.07) is 7.39. The molecule has 1 saturated heterocycles. The molecule has 0 atom stereocenters. The molecule has 1 aliphatic rings. The SMILES string of the molecule is CNCC(=O)N1CCN(C(=O)Cc2ccccc2Cl)CC1.Cl. The van der Waals surface area contributed by atoms with Crippen LogP contribution in [-0.4, -0.2) is 61.4 Å². The minimum atomic E-state index is 0. The third kappa shape index (κ3) is 4.87. The highest BCUT2D eigenvalue weighted by atomic mass is 35.5. The summed E-state index contributed by atoms with van der Waals surface area (Å²) in [5.74, 6) is 0.138. The molecule has 22 heavy (non-hydrogen) atoms. The van der Waals surface area contributed by atoms with E-state index >= 15 is 0 Å². The van der Waals surface area contributed by atoms with E-state index in [0.717, 1.165) is 5.56 Å². The zero-order valence-electron chi connectivity index (χ0n) is 12.5. The van der Waals surface area contributed by atoms with Gasteiger partial charge in [-0.15, -0.1) is 12.4 Å². The first-order valence-electron chi connectivity index (χ1n) is 7.05. The van der Waals surface area contributed by atoms with E-state index in [9.17, 15) is 9.59 Å². The molecule has 2 rings (SSSR count). The first-order valence-corrected chi connectivity index (χ1v) is 7.43. The van der Waals surface area contributed by atoms with E-state index in [0.29, 0.717) is 44.2 Å². The summed E-state index contributed by atoms with van der Waals surface area (Å²) in [4.78, 5) is 27.6. The molecule has 1 heterocycles. The molecule has 1 aliphatic heterocycles. The van der Waals surface area contributed by atoms with Gasteiger partial charge in [0.05, 0.1) is 13.0 Å². The van der Waals surface area contributed by atoms with Gasteiger partial charge in [-0.2, -0.15) is 0 Å².